The lowest BCUT2D eigenvalue weighted by Crippen LogP contribution is -2.26. The molecule has 2 rings (SSSR count). The fourth-order valence-corrected chi connectivity index (χ4v) is 3.01. The number of phenolic OH excluding ortho intramolecular Hbond substituents is 1. The Balaban J connectivity index is 2.36. The number of benzene rings is 1. The molecule has 3 nitrogen and oxygen atoms in total. The normalized spacial score (nSPS) is 19.8. The summed E-state index contributed by atoms with van der Waals surface area (Å²) in [5.41, 5.74) is 0. The van der Waals surface area contributed by atoms with Crippen LogP contribution in [0.2, 0.25) is 20.1 Å². The van der Waals surface area contributed by atoms with Crippen molar-refractivity contribution in [2.45, 2.75) is 38.2 Å². The molecule has 0 amide bonds. The van der Waals surface area contributed by atoms with Crippen LogP contribution in [0.1, 0.15) is 32.1 Å². The molecule has 0 saturated heterocycles. The molecule has 1 aromatic carbocycles. The molecule has 7 heteroatoms. The number of carbonyl (C=O) groups excluding carboxylic acids is 1. The number of Topliss-reactive ketones (excluding diaryl/α,β-unsaturated/α-hetero) is 1. The SMILES string of the molecule is O=C1CCCCCC1Oc1c(Cl)c(Cl)c(O)c(Cl)c1Cl. The second-order valence-corrected chi connectivity index (χ2v) is 6.12. The molecule has 1 saturated carbocycles. The fourth-order valence-electron chi connectivity index (χ4n) is 2.10. The minimum atomic E-state index is -0.607. The van der Waals surface area contributed by atoms with Crippen molar-refractivity contribution in [2.75, 3.05) is 0 Å². The van der Waals surface area contributed by atoms with Crippen molar-refractivity contribution in [1.29, 1.82) is 0 Å². The van der Waals surface area contributed by atoms with Gasteiger partial charge in [0.25, 0.3) is 0 Å². The van der Waals surface area contributed by atoms with Crippen LogP contribution < -0.4 is 4.74 Å². The summed E-state index contributed by atoms with van der Waals surface area (Å²) in [4.78, 5) is 12.0. The number of halogens is 4. The smallest absolute Gasteiger partial charge is 0.173 e. The van der Waals surface area contributed by atoms with E-state index in [2.05, 4.69) is 0 Å². The molecule has 1 fully saturated rings. The largest absolute Gasteiger partial charge is 0.505 e. The maximum absolute atomic E-state index is 12.0. The Morgan fingerprint density at radius 3 is 2.15 bits per heavy atom. The quantitative estimate of drug-likeness (QED) is 0.578. The van der Waals surface area contributed by atoms with Crippen LogP contribution in [0.5, 0.6) is 11.5 Å². The summed E-state index contributed by atoms with van der Waals surface area (Å²) in [5, 5.41) is 9.27. The lowest BCUT2D eigenvalue weighted by atomic mass is 10.1. The molecule has 0 aliphatic heterocycles. The number of rotatable bonds is 2. The summed E-state index contributed by atoms with van der Waals surface area (Å²) < 4.78 is 5.63. The van der Waals surface area contributed by atoms with Crippen molar-refractivity contribution in [3.63, 3.8) is 0 Å². The maximum atomic E-state index is 12.0. The third kappa shape index (κ3) is 3.11. The van der Waals surface area contributed by atoms with E-state index in [0.29, 0.717) is 12.8 Å². The molecule has 0 spiro atoms. The molecule has 0 aromatic heterocycles. The molecule has 20 heavy (non-hydrogen) atoms. The Morgan fingerprint density at radius 2 is 1.55 bits per heavy atom. The molecular formula is C13H12Cl4O3. The number of ether oxygens (including phenoxy) is 1. The Morgan fingerprint density at radius 1 is 0.950 bits per heavy atom. The van der Waals surface area contributed by atoms with Gasteiger partial charge in [0.05, 0.1) is 0 Å². The minimum Gasteiger partial charge on any atom is -0.505 e. The summed E-state index contributed by atoms with van der Waals surface area (Å²) in [5.74, 6) is -0.348. The van der Waals surface area contributed by atoms with Gasteiger partial charge in [0, 0.05) is 6.42 Å². The van der Waals surface area contributed by atoms with Crippen molar-refractivity contribution >= 4 is 52.2 Å². The minimum absolute atomic E-state index is 0.00922. The monoisotopic (exact) mass is 356 g/mol. The number of ketones is 1. The topological polar surface area (TPSA) is 46.5 Å². The van der Waals surface area contributed by atoms with Gasteiger partial charge in [0.2, 0.25) is 0 Å². The number of aromatic hydroxyl groups is 1. The predicted octanol–water partition coefficient (Wildman–Crippen LogP) is 5.29. The standard InChI is InChI=1S/C13H12Cl4O3/c14-8-10(16)13(11(17)9(15)12(8)19)20-7-5-3-1-2-4-6(7)18/h7,19H,1-5H2. The van der Waals surface area contributed by atoms with Crippen molar-refractivity contribution in [3.8, 4) is 11.5 Å². The van der Waals surface area contributed by atoms with E-state index in [-0.39, 0.29) is 31.6 Å². The first-order chi connectivity index (χ1) is 9.43. The number of hydrogen-bond donors (Lipinski definition) is 1. The molecule has 1 aromatic rings. The highest BCUT2D eigenvalue weighted by Gasteiger charge is 2.27. The van der Waals surface area contributed by atoms with Gasteiger partial charge in [-0.25, -0.2) is 0 Å². The lowest BCUT2D eigenvalue weighted by Gasteiger charge is -2.19. The first-order valence-electron chi connectivity index (χ1n) is 6.17. The van der Waals surface area contributed by atoms with Gasteiger partial charge < -0.3 is 9.84 Å². The second-order valence-electron chi connectivity index (χ2n) is 4.61. The van der Waals surface area contributed by atoms with Crippen molar-refractivity contribution in [3.05, 3.63) is 20.1 Å². The van der Waals surface area contributed by atoms with Crippen LogP contribution in [-0.4, -0.2) is 17.0 Å². The van der Waals surface area contributed by atoms with Gasteiger partial charge in [-0.15, -0.1) is 0 Å². The highest BCUT2D eigenvalue weighted by atomic mass is 35.5. The molecule has 1 aliphatic carbocycles. The molecular weight excluding hydrogens is 346 g/mol. The zero-order valence-electron chi connectivity index (χ0n) is 10.4. The molecule has 0 heterocycles. The summed E-state index contributed by atoms with van der Waals surface area (Å²) in [6.07, 6.45) is 3.21. The van der Waals surface area contributed by atoms with E-state index in [1.807, 2.05) is 0 Å². The zero-order chi connectivity index (χ0) is 14.9. The van der Waals surface area contributed by atoms with Gasteiger partial charge >= 0.3 is 0 Å². The van der Waals surface area contributed by atoms with E-state index in [4.69, 9.17) is 51.1 Å². The summed E-state index contributed by atoms with van der Waals surface area (Å²) in [6, 6.07) is 0. The van der Waals surface area contributed by atoms with Crippen molar-refractivity contribution in [1.82, 2.24) is 0 Å². The molecule has 0 bridgehead atoms. The first kappa shape index (κ1) is 16.0. The molecule has 1 unspecified atom stereocenters. The van der Waals surface area contributed by atoms with Crippen molar-refractivity contribution < 1.29 is 14.6 Å². The van der Waals surface area contributed by atoms with Crippen molar-refractivity contribution in [2.24, 2.45) is 0 Å². The van der Waals surface area contributed by atoms with E-state index < -0.39 is 11.9 Å². The Hall–Kier alpha value is -0.350. The summed E-state index contributed by atoms with van der Waals surface area (Å²) in [6.45, 7) is 0. The Bertz CT molecular complexity index is 516. The van der Waals surface area contributed by atoms with E-state index >= 15 is 0 Å². The molecule has 0 radical (unpaired) electrons. The number of hydrogen-bond acceptors (Lipinski definition) is 3. The molecule has 110 valence electrons. The highest BCUT2D eigenvalue weighted by molar-refractivity contribution is 6.50. The average molecular weight is 358 g/mol. The maximum Gasteiger partial charge on any atom is 0.173 e. The van der Waals surface area contributed by atoms with Crippen LogP contribution in [0.3, 0.4) is 0 Å². The molecule has 1 aliphatic rings. The van der Waals surface area contributed by atoms with Gasteiger partial charge in [-0.2, -0.15) is 0 Å². The van der Waals surface area contributed by atoms with Gasteiger partial charge in [0.15, 0.2) is 23.4 Å². The van der Waals surface area contributed by atoms with Crippen LogP contribution in [0.15, 0.2) is 0 Å². The molecule has 1 N–H and O–H groups in total. The molecule has 1 atom stereocenters. The van der Waals surface area contributed by atoms with E-state index in [0.717, 1.165) is 19.3 Å². The van der Waals surface area contributed by atoms with Gasteiger partial charge in [0.1, 0.15) is 20.1 Å². The average Bonchev–Trinajstić information content (AvgIpc) is 2.64. The fraction of sp³-hybridized carbons (Fsp3) is 0.462. The summed E-state index contributed by atoms with van der Waals surface area (Å²) >= 11 is 23.7. The Labute approximate surface area is 136 Å². The van der Waals surface area contributed by atoms with E-state index in [1.165, 1.54) is 0 Å². The first-order valence-corrected chi connectivity index (χ1v) is 7.69. The van der Waals surface area contributed by atoms with Gasteiger partial charge in [-0.1, -0.05) is 52.8 Å². The zero-order valence-corrected chi connectivity index (χ0v) is 13.4. The van der Waals surface area contributed by atoms with E-state index in [1.54, 1.807) is 0 Å². The van der Waals surface area contributed by atoms with Gasteiger partial charge in [-0.3, -0.25) is 4.79 Å². The lowest BCUT2D eigenvalue weighted by molar-refractivity contribution is -0.125. The van der Waals surface area contributed by atoms with Crippen LogP contribution in [0.4, 0.5) is 0 Å². The summed E-state index contributed by atoms with van der Waals surface area (Å²) in [7, 11) is 0. The second kappa shape index (κ2) is 6.61. The number of phenols is 1. The van der Waals surface area contributed by atoms with Crippen LogP contribution >= 0.6 is 46.4 Å². The van der Waals surface area contributed by atoms with Crippen LogP contribution in [0, 0.1) is 0 Å². The third-order valence-corrected chi connectivity index (χ3v) is 4.86. The highest BCUT2D eigenvalue weighted by Crippen LogP contribution is 2.49. The van der Waals surface area contributed by atoms with Crippen LogP contribution in [0.25, 0.3) is 0 Å². The predicted molar refractivity (Wildman–Crippen MR) is 80.7 cm³/mol. The van der Waals surface area contributed by atoms with Crippen LogP contribution in [-0.2, 0) is 4.79 Å². The van der Waals surface area contributed by atoms with E-state index in [9.17, 15) is 9.90 Å². The van der Waals surface area contributed by atoms with Gasteiger partial charge in [-0.05, 0) is 19.3 Å². The number of carbonyl (C=O) groups is 1. The Kier molecular flexibility index (Phi) is 5.30. The third-order valence-electron chi connectivity index (χ3n) is 3.21.